The summed E-state index contributed by atoms with van der Waals surface area (Å²) in [7, 11) is 0. The van der Waals surface area contributed by atoms with Crippen LogP contribution < -0.4 is 11.1 Å². The zero-order valence-corrected chi connectivity index (χ0v) is 14.2. The highest BCUT2D eigenvalue weighted by Crippen LogP contribution is 2.25. The molecule has 4 N–H and O–H groups in total. The number of rotatable bonds is 6. The van der Waals surface area contributed by atoms with Crippen LogP contribution >= 0.6 is 0 Å². The molecule has 2 aromatic heterocycles. The van der Waals surface area contributed by atoms with Gasteiger partial charge < -0.3 is 15.5 Å². The number of hydrogen-bond acceptors (Lipinski definition) is 5. The topological polar surface area (TPSA) is 117 Å². The number of likely N-dealkylation sites (tertiary alicyclic amines) is 1. The summed E-state index contributed by atoms with van der Waals surface area (Å²) in [4.78, 5) is 25.6. The number of aromatic amines is 1. The summed E-state index contributed by atoms with van der Waals surface area (Å²) < 4.78 is 5.31. The second-order valence-electron chi connectivity index (χ2n) is 6.45. The third kappa shape index (κ3) is 4.27. The number of nitrogens with zero attached hydrogens (tertiary/aromatic N) is 2. The smallest absolute Gasteiger partial charge is 0.269 e. The van der Waals surface area contributed by atoms with Gasteiger partial charge in [-0.2, -0.15) is 5.10 Å². The van der Waals surface area contributed by atoms with Gasteiger partial charge in [-0.25, -0.2) is 0 Å². The first-order chi connectivity index (χ1) is 12.0. The van der Waals surface area contributed by atoms with E-state index in [-0.39, 0.29) is 23.6 Å². The van der Waals surface area contributed by atoms with E-state index in [9.17, 15) is 9.59 Å². The Morgan fingerprint density at radius 1 is 1.56 bits per heavy atom. The van der Waals surface area contributed by atoms with E-state index in [1.54, 1.807) is 18.4 Å². The standard InChI is InChI=1S/C17H23N5O3/c1-11(15-5-3-7-25-15)19-16(23)10-22-6-2-4-12(9-22)13-8-14(17(18)24)21-20-13/h3,5,7-8,11-12H,2,4,6,9-10H2,1H3,(H2,18,24)(H,19,23)(H,20,21). The fourth-order valence-corrected chi connectivity index (χ4v) is 3.22. The van der Waals surface area contributed by atoms with E-state index in [1.807, 2.05) is 13.0 Å². The highest BCUT2D eigenvalue weighted by atomic mass is 16.3. The van der Waals surface area contributed by atoms with E-state index in [1.165, 1.54) is 0 Å². The van der Waals surface area contributed by atoms with Gasteiger partial charge in [-0.15, -0.1) is 0 Å². The molecule has 3 rings (SSSR count). The maximum atomic E-state index is 12.3. The Morgan fingerprint density at radius 2 is 2.40 bits per heavy atom. The van der Waals surface area contributed by atoms with Gasteiger partial charge in [-0.05, 0) is 44.5 Å². The molecule has 2 unspecified atom stereocenters. The average Bonchev–Trinajstić information content (AvgIpc) is 3.27. The van der Waals surface area contributed by atoms with Crippen LogP contribution in [0.3, 0.4) is 0 Å². The van der Waals surface area contributed by atoms with Gasteiger partial charge in [0, 0.05) is 18.2 Å². The summed E-state index contributed by atoms with van der Waals surface area (Å²) in [6.07, 6.45) is 3.57. The number of aromatic nitrogens is 2. The molecule has 0 radical (unpaired) electrons. The van der Waals surface area contributed by atoms with E-state index in [0.717, 1.165) is 37.4 Å². The maximum Gasteiger partial charge on any atom is 0.269 e. The third-order valence-electron chi connectivity index (χ3n) is 4.51. The van der Waals surface area contributed by atoms with Crippen LogP contribution in [-0.4, -0.2) is 46.5 Å². The van der Waals surface area contributed by atoms with Crippen molar-refractivity contribution in [3.63, 3.8) is 0 Å². The SMILES string of the molecule is CC(NC(=O)CN1CCCC(c2cc(C(N)=O)n[nH]2)C1)c1ccco1. The van der Waals surface area contributed by atoms with Gasteiger partial charge in [0.15, 0.2) is 0 Å². The van der Waals surface area contributed by atoms with Crippen LogP contribution in [-0.2, 0) is 4.79 Å². The highest BCUT2D eigenvalue weighted by Gasteiger charge is 2.25. The number of furan rings is 1. The summed E-state index contributed by atoms with van der Waals surface area (Å²) in [5.74, 6) is 0.374. The van der Waals surface area contributed by atoms with Crippen molar-refractivity contribution in [3.8, 4) is 0 Å². The summed E-state index contributed by atoms with van der Waals surface area (Å²) in [5.41, 5.74) is 6.38. The minimum atomic E-state index is -0.540. The molecule has 0 bridgehead atoms. The summed E-state index contributed by atoms with van der Waals surface area (Å²) in [6, 6.07) is 5.19. The van der Waals surface area contributed by atoms with Crippen molar-refractivity contribution < 1.29 is 14.0 Å². The zero-order valence-electron chi connectivity index (χ0n) is 14.2. The van der Waals surface area contributed by atoms with Gasteiger partial charge in [-0.3, -0.25) is 19.6 Å². The average molecular weight is 345 g/mol. The molecule has 25 heavy (non-hydrogen) atoms. The molecule has 1 aliphatic rings. The van der Waals surface area contributed by atoms with Crippen LogP contribution in [0.5, 0.6) is 0 Å². The van der Waals surface area contributed by atoms with Crippen LogP contribution in [0, 0.1) is 0 Å². The molecule has 8 heteroatoms. The number of amides is 2. The van der Waals surface area contributed by atoms with Crippen molar-refractivity contribution >= 4 is 11.8 Å². The van der Waals surface area contributed by atoms with Gasteiger partial charge >= 0.3 is 0 Å². The van der Waals surface area contributed by atoms with E-state index in [2.05, 4.69) is 20.4 Å². The van der Waals surface area contributed by atoms with Crippen LogP contribution in [0.2, 0.25) is 0 Å². The molecule has 2 atom stereocenters. The Hall–Kier alpha value is -2.61. The largest absolute Gasteiger partial charge is 0.467 e. The Labute approximate surface area is 145 Å². The highest BCUT2D eigenvalue weighted by molar-refractivity contribution is 5.90. The van der Waals surface area contributed by atoms with Crippen LogP contribution in [0.4, 0.5) is 0 Å². The van der Waals surface area contributed by atoms with E-state index >= 15 is 0 Å². The molecule has 8 nitrogen and oxygen atoms in total. The molecule has 0 spiro atoms. The van der Waals surface area contributed by atoms with Crippen molar-refractivity contribution in [1.29, 1.82) is 0 Å². The number of hydrogen-bond donors (Lipinski definition) is 3. The summed E-state index contributed by atoms with van der Waals surface area (Å²) in [5, 5.41) is 9.78. The number of H-pyrrole nitrogens is 1. The third-order valence-corrected chi connectivity index (χ3v) is 4.51. The first-order valence-electron chi connectivity index (χ1n) is 8.43. The monoisotopic (exact) mass is 345 g/mol. The lowest BCUT2D eigenvalue weighted by atomic mass is 9.94. The number of nitrogens with one attached hydrogen (secondary N) is 2. The Bertz CT molecular complexity index is 724. The molecule has 1 fully saturated rings. The van der Waals surface area contributed by atoms with Crippen molar-refractivity contribution in [3.05, 3.63) is 41.6 Å². The lowest BCUT2D eigenvalue weighted by Gasteiger charge is -2.31. The van der Waals surface area contributed by atoms with Gasteiger partial charge in [0.25, 0.3) is 5.91 Å². The molecule has 0 saturated carbocycles. The second kappa shape index (κ2) is 7.52. The fourth-order valence-electron chi connectivity index (χ4n) is 3.22. The lowest BCUT2D eigenvalue weighted by molar-refractivity contribution is -0.123. The first-order valence-corrected chi connectivity index (χ1v) is 8.43. The normalized spacial score (nSPS) is 19.5. The minimum absolute atomic E-state index is 0.0352. The maximum absolute atomic E-state index is 12.3. The van der Waals surface area contributed by atoms with Crippen LogP contribution in [0.25, 0.3) is 0 Å². The van der Waals surface area contributed by atoms with Crippen LogP contribution in [0.15, 0.2) is 28.9 Å². The summed E-state index contributed by atoms with van der Waals surface area (Å²) >= 11 is 0. The first kappa shape index (κ1) is 17.2. The van der Waals surface area contributed by atoms with Crippen molar-refractivity contribution in [2.24, 2.45) is 5.73 Å². The quantitative estimate of drug-likeness (QED) is 0.726. The van der Waals surface area contributed by atoms with E-state index in [4.69, 9.17) is 10.2 Å². The van der Waals surface area contributed by atoms with Crippen LogP contribution in [0.1, 0.15) is 53.7 Å². The predicted octanol–water partition coefficient (Wildman–Crippen LogP) is 1.16. The Morgan fingerprint density at radius 3 is 3.08 bits per heavy atom. The van der Waals surface area contributed by atoms with E-state index in [0.29, 0.717) is 6.54 Å². The fraction of sp³-hybridized carbons (Fsp3) is 0.471. The van der Waals surface area contributed by atoms with Crippen molar-refractivity contribution in [2.45, 2.75) is 31.7 Å². The van der Waals surface area contributed by atoms with Gasteiger partial charge in [-0.1, -0.05) is 0 Å². The molecule has 1 saturated heterocycles. The van der Waals surface area contributed by atoms with Gasteiger partial charge in [0.05, 0.1) is 18.8 Å². The zero-order chi connectivity index (χ0) is 17.8. The number of carbonyl (C=O) groups excluding carboxylic acids is 2. The van der Waals surface area contributed by atoms with Gasteiger partial charge in [0.2, 0.25) is 5.91 Å². The minimum Gasteiger partial charge on any atom is -0.467 e. The predicted molar refractivity (Wildman–Crippen MR) is 90.8 cm³/mol. The number of primary amides is 1. The Balaban J connectivity index is 1.54. The Kier molecular flexibility index (Phi) is 5.18. The molecule has 0 aromatic carbocycles. The molecule has 0 aliphatic carbocycles. The van der Waals surface area contributed by atoms with Crippen molar-refractivity contribution in [2.75, 3.05) is 19.6 Å². The van der Waals surface area contributed by atoms with Gasteiger partial charge in [0.1, 0.15) is 11.5 Å². The molecule has 134 valence electrons. The molecular formula is C17H23N5O3. The van der Waals surface area contributed by atoms with E-state index < -0.39 is 5.91 Å². The second-order valence-corrected chi connectivity index (χ2v) is 6.45. The molecular weight excluding hydrogens is 322 g/mol. The number of nitrogens with two attached hydrogens (primary N) is 1. The summed E-state index contributed by atoms with van der Waals surface area (Å²) in [6.45, 7) is 3.84. The number of piperidine rings is 1. The molecule has 3 heterocycles. The number of carbonyl (C=O) groups is 2. The lowest BCUT2D eigenvalue weighted by Crippen LogP contribution is -2.42. The molecule has 1 aliphatic heterocycles. The van der Waals surface area contributed by atoms with Crippen molar-refractivity contribution in [1.82, 2.24) is 20.4 Å². The molecule has 2 aromatic rings. The molecule has 2 amide bonds.